The molecule has 0 spiro atoms. The molecule has 2 atom stereocenters. The molecule has 1 fully saturated rings. The highest BCUT2D eigenvalue weighted by atomic mass is 16.5. The fraction of sp³-hybridized carbons (Fsp3) is 0.500. The Balaban J connectivity index is 2.09. The van der Waals surface area contributed by atoms with Crippen molar-refractivity contribution in [1.29, 1.82) is 0 Å². The maximum Gasteiger partial charge on any atom is 0.287 e. The van der Waals surface area contributed by atoms with Crippen molar-refractivity contribution >= 4 is 11.8 Å². The van der Waals surface area contributed by atoms with Crippen molar-refractivity contribution in [3.63, 3.8) is 0 Å². The molecule has 1 saturated carbocycles. The molecule has 2 N–H and O–H groups in total. The molecule has 1 aromatic rings. The van der Waals surface area contributed by atoms with Crippen molar-refractivity contribution in [3.05, 3.63) is 28.3 Å². The highest BCUT2D eigenvalue weighted by Crippen LogP contribution is 2.26. The van der Waals surface area contributed by atoms with Gasteiger partial charge in [0.25, 0.3) is 5.91 Å². The molecule has 21 heavy (non-hydrogen) atoms. The molecular formula is C14H18N2O5. The van der Waals surface area contributed by atoms with E-state index in [1.54, 1.807) is 7.05 Å². The second-order valence-electron chi connectivity index (χ2n) is 4.91. The zero-order valence-corrected chi connectivity index (χ0v) is 12.0. The summed E-state index contributed by atoms with van der Waals surface area (Å²) >= 11 is 0. The molecule has 1 aliphatic carbocycles. The van der Waals surface area contributed by atoms with E-state index in [9.17, 15) is 14.4 Å². The number of hydrogen-bond donors (Lipinski definition) is 2. The number of carbonyl (C=O) groups excluding carboxylic acids is 2. The Morgan fingerprint density at radius 1 is 1.38 bits per heavy atom. The van der Waals surface area contributed by atoms with E-state index in [0.29, 0.717) is 0 Å². The minimum Gasteiger partial charge on any atom is -0.490 e. The van der Waals surface area contributed by atoms with Crippen LogP contribution in [0.3, 0.4) is 0 Å². The number of carbonyl (C=O) groups is 2. The van der Waals surface area contributed by atoms with Gasteiger partial charge in [0.1, 0.15) is 6.26 Å². The van der Waals surface area contributed by atoms with E-state index in [-0.39, 0.29) is 29.4 Å². The topological polar surface area (TPSA) is 97.6 Å². The van der Waals surface area contributed by atoms with Gasteiger partial charge < -0.3 is 19.8 Å². The molecular weight excluding hydrogens is 276 g/mol. The van der Waals surface area contributed by atoms with E-state index < -0.39 is 11.3 Å². The summed E-state index contributed by atoms with van der Waals surface area (Å²) < 4.78 is 9.87. The standard InChI is InChI=1S/C14H18N2O5/c1-15-13(18)8-4-3-5-9(8)16-14(19)11-6-10(17)12(20-2)7-21-11/h6-9H,3-5H2,1-2H3,(H,15,18)(H,16,19). The summed E-state index contributed by atoms with van der Waals surface area (Å²) in [5.41, 5.74) is -0.428. The number of ether oxygens (including phenoxy) is 1. The summed E-state index contributed by atoms with van der Waals surface area (Å²) in [5, 5.41) is 5.35. The van der Waals surface area contributed by atoms with E-state index in [2.05, 4.69) is 10.6 Å². The van der Waals surface area contributed by atoms with Crippen LogP contribution in [-0.4, -0.2) is 32.0 Å². The Morgan fingerprint density at radius 3 is 2.76 bits per heavy atom. The molecule has 7 nitrogen and oxygen atoms in total. The summed E-state index contributed by atoms with van der Waals surface area (Å²) in [4.78, 5) is 35.4. The molecule has 2 rings (SSSR count). The largest absolute Gasteiger partial charge is 0.490 e. The third-order valence-electron chi connectivity index (χ3n) is 3.66. The van der Waals surface area contributed by atoms with Gasteiger partial charge in [-0.15, -0.1) is 0 Å². The van der Waals surface area contributed by atoms with Gasteiger partial charge in [-0.25, -0.2) is 0 Å². The number of nitrogens with one attached hydrogen (secondary N) is 2. The molecule has 2 unspecified atom stereocenters. The average molecular weight is 294 g/mol. The van der Waals surface area contributed by atoms with Crippen LogP contribution in [0.4, 0.5) is 0 Å². The highest BCUT2D eigenvalue weighted by molar-refractivity contribution is 5.92. The van der Waals surface area contributed by atoms with Gasteiger partial charge in [0, 0.05) is 19.2 Å². The molecule has 2 amide bonds. The highest BCUT2D eigenvalue weighted by Gasteiger charge is 2.34. The first kappa shape index (κ1) is 15.1. The van der Waals surface area contributed by atoms with Crippen LogP contribution in [0, 0.1) is 5.92 Å². The molecule has 1 heterocycles. The van der Waals surface area contributed by atoms with E-state index in [1.165, 1.54) is 7.11 Å². The van der Waals surface area contributed by atoms with Crippen LogP contribution in [0.5, 0.6) is 5.75 Å². The van der Waals surface area contributed by atoms with E-state index in [4.69, 9.17) is 9.15 Å². The molecule has 0 saturated heterocycles. The molecule has 114 valence electrons. The van der Waals surface area contributed by atoms with Gasteiger partial charge >= 0.3 is 0 Å². The summed E-state index contributed by atoms with van der Waals surface area (Å²) in [6.45, 7) is 0. The summed E-state index contributed by atoms with van der Waals surface area (Å²) in [6.07, 6.45) is 3.43. The SMILES string of the molecule is CNC(=O)C1CCCC1NC(=O)c1cc(=O)c(OC)co1. The van der Waals surface area contributed by atoms with Crippen molar-refractivity contribution in [3.8, 4) is 5.75 Å². The predicted octanol–water partition coefficient (Wildman–Crippen LogP) is 0.293. The van der Waals surface area contributed by atoms with Crippen LogP contribution in [0.1, 0.15) is 29.8 Å². The lowest BCUT2D eigenvalue weighted by Gasteiger charge is -2.19. The van der Waals surface area contributed by atoms with Crippen LogP contribution in [-0.2, 0) is 4.79 Å². The quantitative estimate of drug-likeness (QED) is 0.832. The van der Waals surface area contributed by atoms with Crippen molar-refractivity contribution in [2.24, 2.45) is 5.92 Å². The molecule has 1 aliphatic rings. The average Bonchev–Trinajstić information content (AvgIpc) is 2.94. The molecule has 1 aromatic heterocycles. The number of rotatable bonds is 4. The monoisotopic (exact) mass is 294 g/mol. The Labute approximate surface area is 121 Å². The lowest BCUT2D eigenvalue weighted by molar-refractivity contribution is -0.124. The summed E-state index contributed by atoms with van der Waals surface area (Å²) in [7, 11) is 2.92. The van der Waals surface area contributed by atoms with Crippen LogP contribution < -0.4 is 20.8 Å². The molecule has 0 bridgehead atoms. The van der Waals surface area contributed by atoms with Gasteiger partial charge in [-0.2, -0.15) is 0 Å². The first-order chi connectivity index (χ1) is 10.1. The van der Waals surface area contributed by atoms with Gasteiger partial charge in [-0.05, 0) is 12.8 Å². The van der Waals surface area contributed by atoms with Crippen LogP contribution in [0.2, 0.25) is 0 Å². The number of hydrogen-bond acceptors (Lipinski definition) is 5. The van der Waals surface area contributed by atoms with E-state index in [1.807, 2.05) is 0 Å². The van der Waals surface area contributed by atoms with Gasteiger partial charge in [0.05, 0.1) is 13.0 Å². The van der Waals surface area contributed by atoms with Crippen molar-refractivity contribution < 1.29 is 18.7 Å². The lowest BCUT2D eigenvalue weighted by Crippen LogP contribution is -2.43. The summed E-state index contributed by atoms with van der Waals surface area (Å²) in [6, 6.07) is 0.836. The van der Waals surface area contributed by atoms with Gasteiger partial charge in [0.2, 0.25) is 17.1 Å². The van der Waals surface area contributed by atoms with Crippen molar-refractivity contribution in [1.82, 2.24) is 10.6 Å². The zero-order chi connectivity index (χ0) is 15.4. The molecule has 0 aliphatic heterocycles. The fourth-order valence-electron chi connectivity index (χ4n) is 2.54. The minimum atomic E-state index is -0.504. The van der Waals surface area contributed by atoms with Crippen molar-refractivity contribution in [2.75, 3.05) is 14.2 Å². The minimum absolute atomic E-state index is 0.0376. The van der Waals surface area contributed by atoms with E-state index in [0.717, 1.165) is 31.6 Å². The van der Waals surface area contributed by atoms with Gasteiger partial charge in [-0.1, -0.05) is 6.42 Å². The third kappa shape index (κ3) is 3.24. The van der Waals surface area contributed by atoms with Crippen LogP contribution >= 0.6 is 0 Å². The Bertz CT molecular complexity index is 595. The van der Waals surface area contributed by atoms with E-state index >= 15 is 0 Å². The Kier molecular flexibility index (Phi) is 4.62. The van der Waals surface area contributed by atoms with Crippen LogP contribution in [0.15, 0.2) is 21.5 Å². The normalized spacial score (nSPS) is 20.9. The predicted molar refractivity (Wildman–Crippen MR) is 74.2 cm³/mol. The second kappa shape index (κ2) is 6.43. The number of amides is 2. The molecule has 0 aromatic carbocycles. The fourth-order valence-corrected chi connectivity index (χ4v) is 2.54. The maximum absolute atomic E-state index is 12.1. The third-order valence-corrected chi connectivity index (χ3v) is 3.66. The Hall–Kier alpha value is -2.31. The van der Waals surface area contributed by atoms with Gasteiger partial charge in [-0.3, -0.25) is 14.4 Å². The van der Waals surface area contributed by atoms with Crippen molar-refractivity contribution in [2.45, 2.75) is 25.3 Å². The lowest BCUT2D eigenvalue weighted by atomic mass is 10.0. The first-order valence-electron chi connectivity index (χ1n) is 6.76. The number of methoxy groups -OCH3 is 1. The first-order valence-corrected chi connectivity index (χ1v) is 6.76. The summed E-state index contributed by atoms with van der Waals surface area (Å²) in [5.74, 6) is -0.896. The van der Waals surface area contributed by atoms with Crippen LogP contribution in [0.25, 0.3) is 0 Å². The zero-order valence-electron chi connectivity index (χ0n) is 12.0. The molecule has 7 heteroatoms. The Morgan fingerprint density at radius 2 is 2.14 bits per heavy atom. The second-order valence-corrected chi connectivity index (χ2v) is 4.91. The van der Waals surface area contributed by atoms with Gasteiger partial charge in [0.15, 0.2) is 5.76 Å². The molecule has 0 radical (unpaired) electrons. The smallest absolute Gasteiger partial charge is 0.287 e. The maximum atomic E-state index is 12.1.